The summed E-state index contributed by atoms with van der Waals surface area (Å²) in [6, 6.07) is 9.16. The van der Waals surface area contributed by atoms with E-state index in [9.17, 15) is 9.59 Å². The molecule has 0 spiro atoms. The van der Waals surface area contributed by atoms with Gasteiger partial charge in [0.2, 0.25) is 0 Å². The highest BCUT2D eigenvalue weighted by Gasteiger charge is 2.30. The molecule has 4 nitrogen and oxygen atoms in total. The Bertz CT molecular complexity index is 358. The number of rotatable bonds is 1. The van der Waals surface area contributed by atoms with Crippen LogP contribution in [-0.2, 0) is 19.1 Å². The van der Waals surface area contributed by atoms with Crippen LogP contribution in [0.5, 0.6) is 0 Å². The van der Waals surface area contributed by atoms with Gasteiger partial charge in [-0.2, -0.15) is 0 Å². The number of cyclic esters (lactones) is 2. The van der Waals surface area contributed by atoms with Crippen LogP contribution < -0.4 is 0 Å². The first-order valence-corrected chi connectivity index (χ1v) is 4.20. The summed E-state index contributed by atoms with van der Waals surface area (Å²) in [5, 5.41) is 0. The molecule has 2 rings (SSSR count). The van der Waals surface area contributed by atoms with Gasteiger partial charge in [0.25, 0.3) is 0 Å². The molecule has 0 unspecified atom stereocenters. The van der Waals surface area contributed by atoms with E-state index >= 15 is 0 Å². The van der Waals surface area contributed by atoms with E-state index in [-0.39, 0.29) is 6.61 Å². The average molecular weight is 192 g/mol. The zero-order valence-corrected chi connectivity index (χ0v) is 7.30. The molecule has 0 saturated carbocycles. The molecule has 1 saturated heterocycles. The van der Waals surface area contributed by atoms with Crippen molar-refractivity contribution >= 4 is 11.9 Å². The van der Waals surface area contributed by atoms with Gasteiger partial charge in [-0.3, -0.25) is 0 Å². The number of ether oxygens (including phenoxy) is 2. The lowest BCUT2D eigenvalue weighted by atomic mass is 10.1. The lowest BCUT2D eigenvalue weighted by molar-refractivity contribution is -0.185. The Labute approximate surface area is 80.4 Å². The predicted molar refractivity (Wildman–Crippen MR) is 46.2 cm³/mol. The van der Waals surface area contributed by atoms with Gasteiger partial charge in [-0.1, -0.05) is 30.3 Å². The fourth-order valence-corrected chi connectivity index (χ4v) is 1.25. The maximum Gasteiger partial charge on any atom is 0.418 e. The molecule has 1 aliphatic rings. The second kappa shape index (κ2) is 3.49. The number of hydrogen-bond donors (Lipinski definition) is 0. The summed E-state index contributed by atoms with van der Waals surface area (Å²) in [6.45, 7) is 0.0919. The Morgan fingerprint density at radius 3 is 2.43 bits per heavy atom. The van der Waals surface area contributed by atoms with Crippen LogP contribution in [0.2, 0.25) is 0 Å². The molecule has 0 bridgehead atoms. The summed E-state index contributed by atoms with van der Waals surface area (Å²) in [5.41, 5.74) is 0.827. The van der Waals surface area contributed by atoms with Crippen molar-refractivity contribution in [2.45, 2.75) is 6.10 Å². The van der Waals surface area contributed by atoms with Gasteiger partial charge in [-0.05, 0) is 5.56 Å². The quantitative estimate of drug-likeness (QED) is 0.488. The van der Waals surface area contributed by atoms with Gasteiger partial charge in [0.15, 0.2) is 6.10 Å². The van der Waals surface area contributed by atoms with E-state index in [0.717, 1.165) is 5.56 Å². The van der Waals surface area contributed by atoms with E-state index in [1.54, 1.807) is 0 Å². The molecule has 1 aromatic rings. The molecule has 0 aliphatic carbocycles. The predicted octanol–water partition coefficient (Wildman–Crippen LogP) is 0.828. The van der Waals surface area contributed by atoms with Gasteiger partial charge < -0.3 is 9.47 Å². The second-order valence-corrected chi connectivity index (χ2v) is 2.90. The number of carbonyl (C=O) groups is 2. The highest BCUT2D eigenvalue weighted by Crippen LogP contribution is 2.20. The summed E-state index contributed by atoms with van der Waals surface area (Å²) in [7, 11) is 0. The van der Waals surface area contributed by atoms with E-state index in [2.05, 4.69) is 4.74 Å². The fraction of sp³-hybridized carbons (Fsp3) is 0.200. The van der Waals surface area contributed by atoms with Crippen molar-refractivity contribution in [1.29, 1.82) is 0 Å². The van der Waals surface area contributed by atoms with E-state index in [1.807, 2.05) is 30.3 Å². The minimum atomic E-state index is -0.926. The molecule has 1 aliphatic heterocycles. The highest BCUT2D eigenvalue weighted by atomic mass is 16.6. The minimum absolute atomic E-state index is 0.0919. The molecule has 1 atom stereocenters. The largest absolute Gasteiger partial charge is 0.453 e. The smallest absolute Gasteiger partial charge is 0.418 e. The van der Waals surface area contributed by atoms with Crippen molar-refractivity contribution in [2.75, 3.05) is 6.61 Å². The summed E-state index contributed by atoms with van der Waals surface area (Å²) < 4.78 is 9.51. The first-order valence-electron chi connectivity index (χ1n) is 4.20. The number of carbonyl (C=O) groups excluding carboxylic acids is 2. The third-order valence-corrected chi connectivity index (χ3v) is 1.95. The average Bonchev–Trinajstić information content (AvgIpc) is 2.23. The van der Waals surface area contributed by atoms with Gasteiger partial charge >= 0.3 is 11.9 Å². The summed E-state index contributed by atoms with van der Waals surface area (Å²) in [6.07, 6.45) is -0.471. The van der Waals surface area contributed by atoms with Crippen molar-refractivity contribution in [3.63, 3.8) is 0 Å². The normalized spacial score (nSPS) is 21.3. The molecular formula is C10H8O4. The Morgan fingerprint density at radius 2 is 1.79 bits per heavy atom. The monoisotopic (exact) mass is 192 g/mol. The third-order valence-electron chi connectivity index (χ3n) is 1.95. The molecule has 0 N–H and O–H groups in total. The topological polar surface area (TPSA) is 52.6 Å². The van der Waals surface area contributed by atoms with Crippen LogP contribution >= 0.6 is 0 Å². The van der Waals surface area contributed by atoms with E-state index < -0.39 is 18.0 Å². The zero-order chi connectivity index (χ0) is 9.97. The van der Waals surface area contributed by atoms with Crippen LogP contribution in [0.25, 0.3) is 0 Å². The van der Waals surface area contributed by atoms with Crippen LogP contribution in [0.4, 0.5) is 0 Å². The van der Waals surface area contributed by atoms with Crippen LogP contribution in [0.15, 0.2) is 30.3 Å². The summed E-state index contributed by atoms with van der Waals surface area (Å²) in [4.78, 5) is 21.6. The summed E-state index contributed by atoms with van der Waals surface area (Å²) >= 11 is 0. The Kier molecular flexibility index (Phi) is 2.18. The van der Waals surface area contributed by atoms with Crippen molar-refractivity contribution in [3.8, 4) is 0 Å². The van der Waals surface area contributed by atoms with Gasteiger partial charge in [0.05, 0.1) is 0 Å². The fourth-order valence-electron chi connectivity index (χ4n) is 1.25. The maximum absolute atomic E-state index is 10.9. The molecule has 1 aromatic carbocycles. The number of hydrogen-bond acceptors (Lipinski definition) is 4. The number of esters is 2. The molecule has 14 heavy (non-hydrogen) atoms. The zero-order valence-electron chi connectivity index (χ0n) is 7.30. The molecule has 72 valence electrons. The van der Waals surface area contributed by atoms with Crippen LogP contribution in [-0.4, -0.2) is 18.5 Å². The molecule has 0 radical (unpaired) electrons. The maximum atomic E-state index is 10.9. The first-order chi connectivity index (χ1) is 6.77. The van der Waals surface area contributed by atoms with E-state index in [0.29, 0.717) is 0 Å². The molecule has 4 heteroatoms. The van der Waals surface area contributed by atoms with Gasteiger partial charge in [-0.15, -0.1) is 0 Å². The van der Waals surface area contributed by atoms with Crippen molar-refractivity contribution in [3.05, 3.63) is 35.9 Å². The minimum Gasteiger partial charge on any atom is -0.453 e. The van der Waals surface area contributed by atoms with Crippen LogP contribution in [0.1, 0.15) is 11.7 Å². The van der Waals surface area contributed by atoms with Crippen molar-refractivity contribution in [2.24, 2.45) is 0 Å². The van der Waals surface area contributed by atoms with Gasteiger partial charge in [0.1, 0.15) is 6.61 Å². The van der Waals surface area contributed by atoms with Crippen molar-refractivity contribution in [1.82, 2.24) is 0 Å². The van der Waals surface area contributed by atoms with E-state index in [4.69, 9.17) is 4.74 Å². The summed E-state index contributed by atoms with van der Waals surface area (Å²) in [5.74, 6) is -1.85. The Balaban J connectivity index is 2.14. The molecule has 0 amide bonds. The number of benzene rings is 1. The molecule has 0 aromatic heterocycles. The Morgan fingerprint density at radius 1 is 1.07 bits per heavy atom. The van der Waals surface area contributed by atoms with Gasteiger partial charge in [0, 0.05) is 0 Å². The SMILES string of the molecule is O=C1OC[C@@H](c2ccccc2)OC1=O. The molecular weight excluding hydrogens is 184 g/mol. The van der Waals surface area contributed by atoms with Crippen LogP contribution in [0.3, 0.4) is 0 Å². The lowest BCUT2D eigenvalue weighted by Crippen LogP contribution is -2.31. The second-order valence-electron chi connectivity index (χ2n) is 2.90. The lowest BCUT2D eigenvalue weighted by Gasteiger charge is -2.21. The van der Waals surface area contributed by atoms with Crippen molar-refractivity contribution < 1.29 is 19.1 Å². The highest BCUT2D eigenvalue weighted by molar-refractivity contribution is 6.30. The standard InChI is InChI=1S/C10H8O4/c11-9-10(12)14-8(6-13-9)7-4-2-1-3-5-7/h1-5,8H,6H2/t8-/m0/s1. The third kappa shape index (κ3) is 1.59. The van der Waals surface area contributed by atoms with Crippen LogP contribution in [0, 0.1) is 0 Å². The van der Waals surface area contributed by atoms with Gasteiger partial charge in [-0.25, -0.2) is 9.59 Å². The molecule has 1 heterocycles. The first kappa shape index (κ1) is 8.74. The van der Waals surface area contributed by atoms with E-state index in [1.165, 1.54) is 0 Å². The Hall–Kier alpha value is -1.84. The molecule has 1 fully saturated rings.